The number of piperidine rings is 1. The normalized spacial score (nSPS) is 14.9. The molecule has 138 valence electrons. The van der Waals surface area contributed by atoms with Crippen LogP contribution in [0.4, 0.5) is 4.79 Å². The maximum absolute atomic E-state index is 12.4. The largest absolute Gasteiger partial charge is 0.450 e. The minimum Gasteiger partial charge on any atom is -0.450 e. The van der Waals surface area contributed by atoms with Crippen LogP contribution in [0.5, 0.6) is 0 Å². The first-order valence-corrected chi connectivity index (χ1v) is 8.85. The lowest BCUT2D eigenvalue weighted by atomic mass is 10.1. The number of halogens is 1. The number of ether oxygens (including phenoxy) is 1. The molecule has 8 nitrogen and oxygen atoms in total. The highest BCUT2D eigenvalue weighted by Crippen LogP contribution is 2.15. The lowest BCUT2D eigenvalue weighted by Crippen LogP contribution is -2.46. The minimum absolute atomic E-state index is 0.00973. The second-order valence-electron chi connectivity index (χ2n) is 5.96. The highest BCUT2D eigenvalue weighted by Gasteiger charge is 2.25. The van der Waals surface area contributed by atoms with Gasteiger partial charge in [0.05, 0.1) is 18.5 Å². The lowest BCUT2D eigenvalue weighted by Gasteiger charge is -2.31. The highest BCUT2D eigenvalue weighted by atomic mass is 35.5. The first kappa shape index (κ1) is 18.2. The second-order valence-corrected chi connectivity index (χ2v) is 6.40. The molecule has 1 fully saturated rings. The first-order valence-electron chi connectivity index (χ1n) is 8.47. The number of amides is 2. The fourth-order valence-corrected chi connectivity index (χ4v) is 2.98. The number of likely N-dealkylation sites (tertiary alicyclic amines) is 1. The molecular weight excluding hydrogens is 358 g/mol. The number of rotatable bonds is 4. The molecule has 1 aromatic carbocycles. The third-order valence-electron chi connectivity index (χ3n) is 4.15. The van der Waals surface area contributed by atoms with Crippen LogP contribution in [-0.4, -0.2) is 57.6 Å². The summed E-state index contributed by atoms with van der Waals surface area (Å²) >= 11 is 5.97. The summed E-state index contributed by atoms with van der Waals surface area (Å²) in [7, 11) is 0. The van der Waals surface area contributed by atoms with Gasteiger partial charge in [-0.05, 0) is 38.0 Å². The van der Waals surface area contributed by atoms with Crippen LogP contribution < -0.4 is 5.32 Å². The van der Waals surface area contributed by atoms with Gasteiger partial charge in [-0.1, -0.05) is 22.9 Å². The number of benzene rings is 1. The molecule has 0 spiro atoms. The van der Waals surface area contributed by atoms with E-state index < -0.39 is 0 Å². The van der Waals surface area contributed by atoms with Gasteiger partial charge < -0.3 is 15.0 Å². The van der Waals surface area contributed by atoms with Crippen molar-refractivity contribution in [3.8, 4) is 5.69 Å². The lowest BCUT2D eigenvalue weighted by molar-refractivity contribution is 0.0856. The summed E-state index contributed by atoms with van der Waals surface area (Å²) in [6.07, 6.45) is 2.61. The molecular formula is C17H20ClN5O3. The van der Waals surface area contributed by atoms with Crippen molar-refractivity contribution in [1.29, 1.82) is 0 Å². The molecule has 1 N–H and O–H groups in total. The molecule has 26 heavy (non-hydrogen) atoms. The van der Waals surface area contributed by atoms with Crippen molar-refractivity contribution in [1.82, 2.24) is 25.2 Å². The summed E-state index contributed by atoms with van der Waals surface area (Å²) in [6, 6.07) is 7.12. The van der Waals surface area contributed by atoms with Crippen molar-refractivity contribution in [2.75, 3.05) is 19.7 Å². The minimum atomic E-state index is -0.304. The zero-order valence-corrected chi connectivity index (χ0v) is 15.1. The van der Waals surface area contributed by atoms with Crippen LogP contribution in [0.3, 0.4) is 0 Å². The van der Waals surface area contributed by atoms with Crippen LogP contribution >= 0.6 is 11.6 Å². The molecule has 1 aliphatic heterocycles. The summed E-state index contributed by atoms with van der Waals surface area (Å²) in [4.78, 5) is 25.7. The van der Waals surface area contributed by atoms with Crippen molar-refractivity contribution in [3.63, 3.8) is 0 Å². The molecule has 0 unspecified atom stereocenters. The van der Waals surface area contributed by atoms with Gasteiger partial charge in [0.25, 0.3) is 5.91 Å². The third-order valence-corrected chi connectivity index (χ3v) is 4.39. The molecule has 2 heterocycles. The molecule has 0 saturated carbocycles. The fourth-order valence-electron chi connectivity index (χ4n) is 2.79. The van der Waals surface area contributed by atoms with Crippen molar-refractivity contribution >= 4 is 23.6 Å². The third kappa shape index (κ3) is 4.32. The Bertz CT molecular complexity index is 786. The quantitative estimate of drug-likeness (QED) is 0.882. The van der Waals surface area contributed by atoms with E-state index in [0.717, 1.165) is 5.69 Å². The predicted octanol–water partition coefficient (Wildman–Crippen LogP) is 2.27. The Labute approximate surface area is 156 Å². The molecule has 0 bridgehead atoms. The number of aromatic nitrogens is 3. The molecule has 1 saturated heterocycles. The number of hydrogen-bond donors (Lipinski definition) is 1. The summed E-state index contributed by atoms with van der Waals surface area (Å²) in [6.45, 7) is 3.25. The van der Waals surface area contributed by atoms with Gasteiger partial charge in [-0.25, -0.2) is 9.48 Å². The van der Waals surface area contributed by atoms with Crippen molar-refractivity contribution in [2.45, 2.75) is 25.8 Å². The fraction of sp³-hybridized carbons (Fsp3) is 0.412. The summed E-state index contributed by atoms with van der Waals surface area (Å²) < 4.78 is 6.49. The van der Waals surface area contributed by atoms with E-state index in [9.17, 15) is 9.59 Å². The molecule has 3 rings (SSSR count). The van der Waals surface area contributed by atoms with Gasteiger partial charge >= 0.3 is 6.09 Å². The van der Waals surface area contributed by atoms with Crippen molar-refractivity contribution < 1.29 is 14.3 Å². The Kier molecular flexibility index (Phi) is 5.72. The summed E-state index contributed by atoms with van der Waals surface area (Å²) in [5, 5.41) is 11.4. The van der Waals surface area contributed by atoms with Crippen LogP contribution in [0.25, 0.3) is 5.69 Å². The summed E-state index contributed by atoms with van der Waals surface area (Å²) in [5.74, 6) is -0.284. The maximum Gasteiger partial charge on any atom is 0.409 e. The van der Waals surface area contributed by atoms with E-state index in [1.54, 1.807) is 36.2 Å². The standard InChI is InChI=1S/C17H20ClN5O3/c1-2-26-17(25)22-8-6-13(7-9-22)19-16(24)15-11-23(21-20-15)14-5-3-4-12(18)10-14/h3-5,10-11,13H,2,6-9H2,1H3,(H,19,24). The molecule has 2 amide bonds. The Hall–Kier alpha value is -2.61. The number of carbonyl (C=O) groups is 2. The van der Waals surface area contributed by atoms with Crippen LogP contribution in [0.1, 0.15) is 30.3 Å². The topological polar surface area (TPSA) is 89.4 Å². The molecule has 0 aliphatic carbocycles. The van der Waals surface area contributed by atoms with E-state index in [-0.39, 0.29) is 23.7 Å². The molecule has 1 aromatic heterocycles. The maximum atomic E-state index is 12.4. The number of carbonyl (C=O) groups excluding carboxylic acids is 2. The highest BCUT2D eigenvalue weighted by molar-refractivity contribution is 6.30. The van der Waals surface area contributed by atoms with Crippen LogP contribution in [0.15, 0.2) is 30.5 Å². The van der Waals surface area contributed by atoms with Crippen molar-refractivity contribution in [3.05, 3.63) is 41.2 Å². The van der Waals surface area contributed by atoms with Gasteiger partial charge in [0.2, 0.25) is 0 Å². The Morgan fingerprint density at radius 3 is 2.81 bits per heavy atom. The van der Waals surface area contributed by atoms with Crippen molar-refractivity contribution in [2.24, 2.45) is 0 Å². The van der Waals surface area contributed by atoms with Gasteiger partial charge in [0.15, 0.2) is 5.69 Å². The van der Waals surface area contributed by atoms with E-state index in [4.69, 9.17) is 16.3 Å². The van der Waals surface area contributed by atoms with Crippen LogP contribution in [-0.2, 0) is 4.74 Å². The zero-order valence-electron chi connectivity index (χ0n) is 14.4. The first-order chi connectivity index (χ1) is 12.6. The van der Waals surface area contributed by atoms with Crippen LogP contribution in [0, 0.1) is 0 Å². The van der Waals surface area contributed by atoms with Gasteiger partial charge in [-0.2, -0.15) is 0 Å². The predicted molar refractivity (Wildman–Crippen MR) is 95.5 cm³/mol. The van der Waals surface area contributed by atoms with Gasteiger partial charge in [-0.15, -0.1) is 5.10 Å². The van der Waals surface area contributed by atoms with Gasteiger partial charge in [0, 0.05) is 24.2 Å². The Morgan fingerprint density at radius 2 is 2.12 bits per heavy atom. The van der Waals surface area contributed by atoms with Crippen LogP contribution in [0.2, 0.25) is 5.02 Å². The number of hydrogen-bond acceptors (Lipinski definition) is 5. The average Bonchev–Trinajstić information content (AvgIpc) is 3.13. The smallest absolute Gasteiger partial charge is 0.409 e. The molecule has 2 aromatic rings. The van der Waals surface area contributed by atoms with E-state index in [1.807, 2.05) is 6.07 Å². The molecule has 9 heteroatoms. The Morgan fingerprint density at radius 1 is 1.35 bits per heavy atom. The van der Waals surface area contributed by atoms with E-state index in [0.29, 0.717) is 37.6 Å². The zero-order chi connectivity index (χ0) is 18.5. The van der Waals surface area contributed by atoms with E-state index in [1.165, 1.54) is 4.68 Å². The van der Waals surface area contributed by atoms with E-state index in [2.05, 4.69) is 15.6 Å². The SMILES string of the molecule is CCOC(=O)N1CCC(NC(=O)c2cn(-c3cccc(Cl)c3)nn2)CC1. The average molecular weight is 378 g/mol. The Balaban J connectivity index is 1.56. The molecule has 0 atom stereocenters. The van der Waals surface area contributed by atoms with Gasteiger partial charge in [-0.3, -0.25) is 4.79 Å². The number of nitrogens with one attached hydrogen (secondary N) is 1. The molecule has 0 radical (unpaired) electrons. The monoisotopic (exact) mass is 377 g/mol. The van der Waals surface area contributed by atoms with E-state index >= 15 is 0 Å². The number of nitrogens with zero attached hydrogens (tertiary/aromatic N) is 4. The second kappa shape index (κ2) is 8.18. The molecule has 1 aliphatic rings. The summed E-state index contributed by atoms with van der Waals surface area (Å²) in [5.41, 5.74) is 0.963. The van der Waals surface area contributed by atoms with Gasteiger partial charge in [0.1, 0.15) is 0 Å².